The van der Waals surface area contributed by atoms with Gasteiger partial charge in [-0.25, -0.2) is 19.6 Å². The first-order valence-corrected chi connectivity index (χ1v) is 21.9. The van der Waals surface area contributed by atoms with E-state index in [0.717, 1.165) is 46.5 Å². The van der Waals surface area contributed by atoms with Crippen LogP contribution in [0, 0.1) is 0 Å². The lowest BCUT2D eigenvalue weighted by Gasteiger charge is -2.30. The maximum absolute atomic E-state index is 13.8. The van der Waals surface area contributed by atoms with Gasteiger partial charge in [-0.3, -0.25) is 9.59 Å². The molecule has 0 aliphatic carbocycles. The van der Waals surface area contributed by atoms with Crippen LogP contribution >= 0.6 is 0 Å². The molecule has 6 atom stereocenters. The second-order valence-electron chi connectivity index (χ2n) is 16.0. The molecule has 4 aromatic rings. The molecule has 4 heterocycles. The van der Waals surface area contributed by atoms with Crippen molar-refractivity contribution in [3.8, 4) is 45.1 Å². The molecule has 6 rings (SSSR count). The largest absolute Gasteiger partial charge is 0.491 e. The number of methoxy groups -OCH3 is 6. The number of carbonyl (C=O) groups is 4. The summed E-state index contributed by atoms with van der Waals surface area (Å²) < 4.78 is 43.8. The van der Waals surface area contributed by atoms with E-state index in [1.807, 2.05) is 36.4 Å². The molecule has 20 nitrogen and oxygen atoms in total. The van der Waals surface area contributed by atoms with Gasteiger partial charge in [0.1, 0.15) is 48.4 Å². The van der Waals surface area contributed by atoms with E-state index in [9.17, 15) is 19.2 Å². The van der Waals surface area contributed by atoms with E-state index in [1.165, 1.54) is 28.4 Å². The third kappa shape index (κ3) is 11.4. The molecule has 0 radical (unpaired) electrons. The molecular weight excluding hydrogens is 857 g/mol. The highest BCUT2D eigenvalue weighted by atomic mass is 16.5. The highest BCUT2D eigenvalue weighted by Crippen LogP contribution is 2.42. The molecule has 66 heavy (non-hydrogen) atoms. The number of rotatable bonds is 21. The van der Waals surface area contributed by atoms with Gasteiger partial charge >= 0.3 is 12.2 Å². The average Bonchev–Trinajstić information content (AvgIpc) is 4.19. The number of amides is 4. The Balaban J connectivity index is 1.28. The minimum atomic E-state index is -0.950. The van der Waals surface area contributed by atoms with Gasteiger partial charge in [-0.05, 0) is 63.8 Å². The summed E-state index contributed by atoms with van der Waals surface area (Å²) in [6.07, 6.45) is 3.70. The molecule has 0 spiro atoms. The van der Waals surface area contributed by atoms with Crippen LogP contribution in [-0.2, 0) is 38.0 Å². The molecule has 0 bridgehead atoms. The van der Waals surface area contributed by atoms with Crippen LogP contribution < -0.4 is 20.1 Å². The van der Waals surface area contributed by atoms with Crippen molar-refractivity contribution in [1.82, 2.24) is 40.4 Å². The molecule has 4 amide bonds. The summed E-state index contributed by atoms with van der Waals surface area (Å²) in [7, 11) is 8.68. The summed E-state index contributed by atoms with van der Waals surface area (Å²) in [5.74, 6) is 1.79. The van der Waals surface area contributed by atoms with Crippen molar-refractivity contribution >= 4 is 24.0 Å². The Morgan fingerprint density at radius 1 is 0.636 bits per heavy atom. The standard InChI is InChI=1S/C46H62N8O12/c1-27(61-5)39(51-45(57)63-7)43(55)53-17-9-11-35(53)41-47-25-33(49-41)29-13-15-31(37(23-29)65-21-19-59-3)32-16-14-30(24-38(32)66-22-20-60-4)34-26-48-42(50-34)36-12-10-18-54(36)44(56)40(28(2)62-6)52-46(58)64-8/h13-16,23-28,35-36,39-40H,9-12,17-22H2,1-8H3,(H,47,49)(H,48,50)(H,51,57)(H,52,58). The van der Waals surface area contributed by atoms with E-state index in [0.29, 0.717) is 62.3 Å². The summed E-state index contributed by atoms with van der Waals surface area (Å²) in [5, 5.41) is 5.25. The number of alkyl carbamates (subject to hydrolysis) is 2. The van der Waals surface area contributed by atoms with E-state index in [1.54, 1.807) is 50.3 Å². The zero-order valence-electron chi connectivity index (χ0n) is 38.8. The first-order chi connectivity index (χ1) is 32.0. The minimum absolute atomic E-state index is 0.278. The topological polar surface area (TPSA) is 230 Å². The first-order valence-electron chi connectivity index (χ1n) is 21.9. The van der Waals surface area contributed by atoms with Gasteiger partial charge in [0.25, 0.3) is 0 Å². The molecule has 358 valence electrons. The number of hydrogen-bond donors (Lipinski definition) is 4. The van der Waals surface area contributed by atoms with Gasteiger partial charge in [0.15, 0.2) is 0 Å². The van der Waals surface area contributed by atoms with Gasteiger partial charge in [0.05, 0.1) is 75.5 Å². The van der Waals surface area contributed by atoms with Crippen LogP contribution in [0.5, 0.6) is 11.5 Å². The Kier molecular flexibility index (Phi) is 17.4. The Hall–Kier alpha value is -6.22. The Labute approximate surface area is 384 Å². The summed E-state index contributed by atoms with van der Waals surface area (Å²) in [4.78, 5) is 71.7. The Morgan fingerprint density at radius 2 is 1.05 bits per heavy atom. The van der Waals surface area contributed by atoms with Crippen molar-refractivity contribution in [1.29, 1.82) is 0 Å². The number of hydrogen-bond acceptors (Lipinski definition) is 14. The summed E-state index contributed by atoms with van der Waals surface area (Å²) in [5.41, 5.74) is 4.56. The minimum Gasteiger partial charge on any atom is -0.491 e. The molecule has 2 fully saturated rings. The quantitative estimate of drug-likeness (QED) is 0.0804. The van der Waals surface area contributed by atoms with Crippen LogP contribution in [0.15, 0.2) is 48.8 Å². The van der Waals surface area contributed by atoms with E-state index in [-0.39, 0.29) is 37.1 Å². The number of likely N-dealkylation sites (tertiary alicyclic amines) is 2. The molecule has 0 saturated carbocycles. The lowest BCUT2D eigenvalue weighted by molar-refractivity contribution is -0.138. The summed E-state index contributed by atoms with van der Waals surface area (Å²) >= 11 is 0. The SMILES string of the molecule is COCCOc1cc(-c2cnc(C3CCCN3C(=O)C(NC(=O)OC)C(C)OC)[nH]2)ccc1-c1ccc(-c2cnc(C3CCCN3C(=O)C(NC(=O)OC)C(C)OC)[nH]2)cc1OCCOC. The maximum Gasteiger partial charge on any atom is 0.407 e. The first kappa shape index (κ1) is 49.2. The van der Waals surface area contributed by atoms with Crippen molar-refractivity contribution in [3.63, 3.8) is 0 Å². The molecule has 4 N–H and O–H groups in total. The van der Waals surface area contributed by atoms with Crippen molar-refractivity contribution in [2.24, 2.45) is 0 Å². The van der Waals surface area contributed by atoms with Crippen LogP contribution in [0.25, 0.3) is 33.6 Å². The van der Waals surface area contributed by atoms with Crippen molar-refractivity contribution < 1.29 is 57.1 Å². The van der Waals surface area contributed by atoms with Gasteiger partial charge in [-0.15, -0.1) is 0 Å². The second-order valence-corrected chi connectivity index (χ2v) is 16.0. The van der Waals surface area contributed by atoms with Crippen LogP contribution in [0.1, 0.15) is 63.3 Å². The predicted molar refractivity (Wildman–Crippen MR) is 241 cm³/mol. The number of H-pyrrole nitrogens is 2. The molecule has 2 aromatic carbocycles. The fraction of sp³-hybridized carbons (Fsp3) is 0.522. The lowest BCUT2D eigenvalue weighted by atomic mass is 9.98. The molecular formula is C46H62N8O12. The highest BCUT2D eigenvalue weighted by Gasteiger charge is 2.40. The maximum atomic E-state index is 13.8. The van der Waals surface area contributed by atoms with E-state index in [4.69, 9.17) is 47.9 Å². The molecule has 20 heteroatoms. The zero-order chi connectivity index (χ0) is 47.3. The number of carbonyl (C=O) groups excluding carboxylic acids is 4. The van der Waals surface area contributed by atoms with Gasteiger partial charge in [-0.2, -0.15) is 0 Å². The van der Waals surface area contributed by atoms with Crippen LogP contribution in [0.3, 0.4) is 0 Å². The number of benzene rings is 2. The number of nitrogens with one attached hydrogen (secondary N) is 4. The van der Waals surface area contributed by atoms with Gasteiger partial charge < -0.3 is 68.3 Å². The summed E-state index contributed by atoms with van der Waals surface area (Å²) in [6.45, 7) is 5.68. The second kappa shape index (κ2) is 23.3. The van der Waals surface area contributed by atoms with Crippen molar-refractivity contribution in [2.75, 3.05) is 82.2 Å². The summed E-state index contributed by atoms with van der Waals surface area (Å²) in [6, 6.07) is 9.11. The molecule has 2 saturated heterocycles. The molecule has 2 aliphatic rings. The van der Waals surface area contributed by atoms with Crippen molar-refractivity contribution in [3.05, 3.63) is 60.4 Å². The van der Waals surface area contributed by atoms with Gasteiger partial charge in [0, 0.05) is 63.8 Å². The monoisotopic (exact) mass is 918 g/mol. The Bertz CT molecular complexity index is 2110. The van der Waals surface area contributed by atoms with Crippen molar-refractivity contribution in [2.45, 2.75) is 75.9 Å². The number of ether oxygens (including phenoxy) is 8. The zero-order valence-corrected chi connectivity index (χ0v) is 38.8. The van der Waals surface area contributed by atoms with Crippen LogP contribution in [0.4, 0.5) is 9.59 Å². The normalized spacial score (nSPS) is 17.8. The third-order valence-electron chi connectivity index (χ3n) is 12.0. The fourth-order valence-electron chi connectivity index (χ4n) is 8.23. The predicted octanol–water partition coefficient (Wildman–Crippen LogP) is 5.03. The van der Waals surface area contributed by atoms with E-state index in [2.05, 4.69) is 20.6 Å². The van der Waals surface area contributed by atoms with Gasteiger partial charge in [-0.1, -0.05) is 12.1 Å². The average molecular weight is 919 g/mol. The smallest absolute Gasteiger partial charge is 0.407 e. The highest BCUT2D eigenvalue weighted by molar-refractivity contribution is 5.88. The number of nitrogens with zero attached hydrogens (tertiary/aromatic N) is 4. The number of aromatic nitrogens is 4. The van der Waals surface area contributed by atoms with E-state index < -0.39 is 36.5 Å². The van der Waals surface area contributed by atoms with E-state index >= 15 is 0 Å². The number of imidazole rings is 2. The lowest BCUT2D eigenvalue weighted by Crippen LogP contribution is -2.54. The van der Waals surface area contributed by atoms with Gasteiger partial charge in [0.2, 0.25) is 11.8 Å². The van der Waals surface area contributed by atoms with Crippen LogP contribution in [0.2, 0.25) is 0 Å². The molecule has 2 aromatic heterocycles. The third-order valence-corrected chi connectivity index (χ3v) is 12.0. The molecule has 2 aliphatic heterocycles. The molecule has 6 unspecified atom stereocenters. The number of aromatic amines is 2. The Morgan fingerprint density at radius 3 is 1.41 bits per heavy atom. The van der Waals surface area contributed by atoms with Crippen LogP contribution in [-0.4, -0.2) is 160 Å². The fourth-order valence-corrected chi connectivity index (χ4v) is 8.23.